The van der Waals surface area contributed by atoms with E-state index in [1.165, 1.54) is 6.92 Å². The van der Waals surface area contributed by atoms with Crippen LogP contribution in [-0.2, 0) is 11.2 Å². The quantitative estimate of drug-likeness (QED) is 0.885. The average molecular weight is 289 g/mol. The lowest BCUT2D eigenvalue weighted by Crippen LogP contribution is -2.25. The molecule has 0 unspecified atom stereocenters. The molecule has 5 nitrogen and oxygen atoms in total. The molecule has 2 aromatic rings. The van der Waals surface area contributed by atoms with Crippen LogP contribution in [0.25, 0.3) is 0 Å². The number of anilines is 1. The first-order chi connectivity index (χ1) is 9.65. The number of hydrogen-bond acceptors (Lipinski definition) is 4. The molecule has 0 saturated heterocycles. The second-order valence-electron chi connectivity index (χ2n) is 4.23. The molecule has 0 atom stereocenters. The summed E-state index contributed by atoms with van der Waals surface area (Å²) in [6.07, 6.45) is 2.58. The van der Waals surface area contributed by atoms with Gasteiger partial charge >= 0.3 is 0 Å². The maximum atomic E-state index is 11.9. The standard InChI is InChI=1S/C14H15N3O2S/c1-10(18)17-12-4-2-11(3-5-12)14(19)16-7-6-13-8-15-9-20-13/h2-5,8-9H,6-7H2,1H3,(H,16,19)(H,17,18). The monoisotopic (exact) mass is 289 g/mol. The Balaban J connectivity index is 1.84. The van der Waals surface area contributed by atoms with Gasteiger partial charge in [0.25, 0.3) is 5.91 Å². The van der Waals surface area contributed by atoms with Crippen LogP contribution in [0.4, 0.5) is 5.69 Å². The molecule has 104 valence electrons. The molecule has 0 bridgehead atoms. The van der Waals surface area contributed by atoms with Gasteiger partial charge in [0.15, 0.2) is 0 Å². The first-order valence-electron chi connectivity index (χ1n) is 6.18. The average Bonchev–Trinajstić information content (AvgIpc) is 2.92. The summed E-state index contributed by atoms with van der Waals surface area (Å²) in [5.74, 6) is -0.254. The lowest BCUT2D eigenvalue weighted by molar-refractivity contribution is -0.114. The van der Waals surface area contributed by atoms with E-state index in [9.17, 15) is 9.59 Å². The van der Waals surface area contributed by atoms with Crippen molar-refractivity contribution >= 4 is 28.8 Å². The number of nitrogens with zero attached hydrogens (tertiary/aromatic N) is 1. The highest BCUT2D eigenvalue weighted by atomic mass is 32.1. The van der Waals surface area contributed by atoms with E-state index in [2.05, 4.69) is 15.6 Å². The predicted molar refractivity (Wildman–Crippen MR) is 78.9 cm³/mol. The molecule has 6 heteroatoms. The van der Waals surface area contributed by atoms with Crippen molar-refractivity contribution in [1.82, 2.24) is 10.3 Å². The molecule has 2 rings (SSSR count). The Morgan fingerprint density at radius 3 is 2.60 bits per heavy atom. The summed E-state index contributed by atoms with van der Waals surface area (Å²) < 4.78 is 0. The lowest BCUT2D eigenvalue weighted by atomic mass is 10.2. The van der Waals surface area contributed by atoms with E-state index in [-0.39, 0.29) is 11.8 Å². The van der Waals surface area contributed by atoms with Crippen LogP contribution in [-0.4, -0.2) is 23.3 Å². The summed E-state index contributed by atoms with van der Waals surface area (Å²) in [6, 6.07) is 6.79. The number of carbonyl (C=O) groups excluding carboxylic acids is 2. The fraction of sp³-hybridized carbons (Fsp3) is 0.214. The molecule has 0 fully saturated rings. The first-order valence-corrected chi connectivity index (χ1v) is 7.06. The maximum Gasteiger partial charge on any atom is 0.251 e. The number of aromatic nitrogens is 1. The van der Waals surface area contributed by atoms with Crippen molar-refractivity contribution in [3.8, 4) is 0 Å². The summed E-state index contributed by atoms with van der Waals surface area (Å²) in [5.41, 5.74) is 3.03. The zero-order valence-corrected chi connectivity index (χ0v) is 11.9. The molecule has 0 spiro atoms. The minimum atomic E-state index is -0.133. The zero-order chi connectivity index (χ0) is 14.4. The van der Waals surface area contributed by atoms with E-state index in [4.69, 9.17) is 0 Å². The van der Waals surface area contributed by atoms with Crippen molar-refractivity contribution in [2.45, 2.75) is 13.3 Å². The summed E-state index contributed by atoms with van der Waals surface area (Å²) in [6.45, 7) is 2.02. The van der Waals surface area contributed by atoms with Gasteiger partial charge < -0.3 is 10.6 Å². The molecule has 1 aromatic heterocycles. The molecular weight excluding hydrogens is 274 g/mol. The minimum Gasteiger partial charge on any atom is -0.352 e. The Kier molecular flexibility index (Phi) is 4.84. The number of nitrogens with one attached hydrogen (secondary N) is 2. The van der Waals surface area contributed by atoms with Crippen LogP contribution >= 0.6 is 11.3 Å². The Labute approximate surface area is 121 Å². The van der Waals surface area contributed by atoms with Gasteiger partial charge in [-0.3, -0.25) is 14.6 Å². The molecule has 1 heterocycles. The molecule has 0 radical (unpaired) electrons. The van der Waals surface area contributed by atoms with Crippen LogP contribution in [0.5, 0.6) is 0 Å². The van der Waals surface area contributed by atoms with Gasteiger partial charge in [-0.15, -0.1) is 11.3 Å². The highest BCUT2D eigenvalue weighted by Gasteiger charge is 2.05. The predicted octanol–water partition coefficient (Wildman–Crippen LogP) is 2.07. The van der Waals surface area contributed by atoms with Gasteiger partial charge in [-0.05, 0) is 24.3 Å². The largest absolute Gasteiger partial charge is 0.352 e. The van der Waals surface area contributed by atoms with E-state index in [0.29, 0.717) is 17.8 Å². The van der Waals surface area contributed by atoms with E-state index >= 15 is 0 Å². The van der Waals surface area contributed by atoms with Crippen LogP contribution in [0.3, 0.4) is 0 Å². The van der Waals surface area contributed by atoms with E-state index in [1.807, 2.05) is 0 Å². The van der Waals surface area contributed by atoms with Crippen LogP contribution in [0.2, 0.25) is 0 Å². The molecule has 2 amide bonds. The number of amides is 2. The molecule has 2 N–H and O–H groups in total. The Morgan fingerprint density at radius 1 is 1.25 bits per heavy atom. The highest BCUT2D eigenvalue weighted by molar-refractivity contribution is 7.09. The van der Waals surface area contributed by atoms with Gasteiger partial charge in [0.2, 0.25) is 5.91 Å². The third-order valence-corrected chi connectivity index (χ3v) is 3.45. The van der Waals surface area contributed by atoms with Gasteiger partial charge in [0.1, 0.15) is 0 Å². The van der Waals surface area contributed by atoms with Crippen molar-refractivity contribution in [1.29, 1.82) is 0 Å². The molecule has 0 aliphatic carbocycles. The van der Waals surface area contributed by atoms with Crippen LogP contribution < -0.4 is 10.6 Å². The summed E-state index contributed by atoms with van der Waals surface area (Å²) in [5, 5.41) is 5.51. The fourth-order valence-electron chi connectivity index (χ4n) is 1.68. The van der Waals surface area contributed by atoms with Gasteiger partial charge in [-0.2, -0.15) is 0 Å². The molecule has 1 aromatic carbocycles. The zero-order valence-electron chi connectivity index (χ0n) is 11.1. The van der Waals surface area contributed by atoms with Gasteiger partial charge in [0.05, 0.1) is 5.51 Å². The van der Waals surface area contributed by atoms with Crippen molar-refractivity contribution in [2.24, 2.45) is 0 Å². The van der Waals surface area contributed by atoms with Crippen LogP contribution in [0.15, 0.2) is 36.0 Å². The number of benzene rings is 1. The number of carbonyl (C=O) groups is 2. The molecule has 0 saturated carbocycles. The fourth-order valence-corrected chi connectivity index (χ4v) is 2.27. The second-order valence-corrected chi connectivity index (χ2v) is 5.20. The molecular formula is C14H15N3O2S. The smallest absolute Gasteiger partial charge is 0.251 e. The van der Waals surface area contributed by atoms with E-state index < -0.39 is 0 Å². The second kappa shape index (κ2) is 6.81. The Bertz CT molecular complexity index is 579. The van der Waals surface area contributed by atoms with Gasteiger partial charge in [-0.25, -0.2) is 0 Å². The summed E-state index contributed by atoms with van der Waals surface area (Å²) in [7, 11) is 0. The minimum absolute atomic E-state index is 0.121. The van der Waals surface area contributed by atoms with Crippen LogP contribution in [0.1, 0.15) is 22.2 Å². The third kappa shape index (κ3) is 4.17. The van der Waals surface area contributed by atoms with Crippen molar-refractivity contribution in [2.75, 3.05) is 11.9 Å². The lowest BCUT2D eigenvalue weighted by Gasteiger charge is -2.06. The van der Waals surface area contributed by atoms with Gasteiger partial charge in [0, 0.05) is 42.2 Å². The summed E-state index contributed by atoms with van der Waals surface area (Å²) in [4.78, 5) is 27.9. The van der Waals surface area contributed by atoms with Crippen molar-refractivity contribution in [3.05, 3.63) is 46.4 Å². The SMILES string of the molecule is CC(=O)Nc1ccc(C(=O)NCCc2cncs2)cc1. The number of thiazole rings is 1. The maximum absolute atomic E-state index is 11.9. The number of rotatable bonds is 5. The van der Waals surface area contributed by atoms with E-state index in [0.717, 1.165) is 11.3 Å². The molecule has 0 aliphatic heterocycles. The Hall–Kier alpha value is -2.21. The highest BCUT2D eigenvalue weighted by Crippen LogP contribution is 2.10. The number of hydrogen-bond donors (Lipinski definition) is 2. The first kappa shape index (κ1) is 14.2. The Morgan fingerprint density at radius 2 is 2.00 bits per heavy atom. The van der Waals surface area contributed by atoms with Crippen molar-refractivity contribution in [3.63, 3.8) is 0 Å². The summed E-state index contributed by atoms with van der Waals surface area (Å²) >= 11 is 1.58. The van der Waals surface area contributed by atoms with Crippen LogP contribution in [0, 0.1) is 0 Å². The van der Waals surface area contributed by atoms with Crippen molar-refractivity contribution < 1.29 is 9.59 Å². The molecule has 20 heavy (non-hydrogen) atoms. The third-order valence-electron chi connectivity index (χ3n) is 2.61. The van der Waals surface area contributed by atoms with E-state index in [1.54, 1.807) is 47.3 Å². The molecule has 0 aliphatic rings. The normalized spacial score (nSPS) is 10.1. The van der Waals surface area contributed by atoms with Gasteiger partial charge in [-0.1, -0.05) is 0 Å². The topological polar surface area (TPSA) is 71.1 Å².